The van der Waals surface area contributed by atoms with E-state index in [1.54, 1.807) is 12.1 Å². The van der Waals surface area contributed by atoms with Crippen molar-refractivity contribution < 1.29 is 14.5 Å². The Morgan fingerprint density at radius 1 is 1.38 bits per heavy atom. The van der Waals surface area contributed by atoms with Crippen molar-refractivity contribution in [2.75, 3.05) is 26.2 Å². The number of amides is 1. The van der Waals surface area contributed by atoms with Crippen molar-refractivity contribution >= 4 is 24.0 Å². The summed E-state index contributed by atoms with van der Waals surface area (Å²) >= 11 is 0. The third-order valence-electron chi connectivity index (χ3n) is 3.95. The average Bonchev–Trinajstić information content (AvgIpc) is 2.58. The summed E-state index contributed by atoms with van der Waals surface area (Å²) in [6.45, 7) is 4.36. The molecular weight excluding hydrogens is 334 g/mol. The molecule has 0 unspecified atom stereocenters. The molecular formula is C16H24ClN3O4. The van der Waals surface area contributed by atoms with Gasteiger partial charge < -0.3 is 15.0 Å². The van der Waals surface area contributed by atoms with Crippen LogP contribution in [0.5, 0.6) is 5.75 Å². The molecule has 0 spiro atoms. The third kappa shape index (κ3) is 5.35. The first-order valence-corrected chi connectivity index (χ1v) is 8.00. The van der Waals surface area contributed by atoms with Crippen LogP contribution in [0.3, 0.4) is 0 Å². The quantitative estimate of drug-likeness (QED) is 0.598. The van der Waals surface area contributed by atoms with Crippen LogP contribution in [0.25, 0.3) is 0 Å². The molecule has 2 rings (SSSR count). The Hall–Kier alpha value is -1.86. The molecule has 0 aliphatic carbocycles. The Morgan fingerprint density at radius 3 is 2.67 bits per heavy atom. The van der Waals surface area contributed by atoms with Crippen molar-refractivity contribution in [2.45, 2.75) is 32.2 Å². The minimum Gasteiger partial charge on any atom is -0.477 e. The Labute approximate surface area is 147 Å². The van der Waals surface area contributed by atoms with E-state index in [0.717, 1.165) is 32.4 Å². The number of nitro benzene ring substituents is 1. The topological polar surface area (TPSA) is 84.7 Å². The summed E-state index contributed by atoms with van der Waals surface area (Å²) in [5.74, 6) is 0.0181. The first kappa shape index (κ1) is 20.2. The molecule has 1 aliphatic heterocycles. The molecule has 1 fully saturated rings. The number of para-hydroxylation sites is 2. The largest absolute Gasteiger partial charge is 0.477 e. The SMILES string of the molecule is CCCN(C(=O)COc1ccccc1[N+](=O)[O-])C1CCNCC1.Cl. The lowest BCUT2D eigenvalue weighted by molar-refractivity contribution is -0.385. The van der Waals surface area contributed by atoms with E-state index in [-0.39, 0.29) is 42.4 Å². The molecule has 0 atom stereocenters. The Morgan fingerprint density at radius 2 is 2.04 bits per heavy atom. The molecule has 1 aliphatic rings. The van der Waals surface area contributed by atoms with Gasteiger partial charge in [0.15, 0.2) is 12.4 Å². The van der Waals surface area contributed by atoms with Crippen molar-refractivity contribution in [3.8, 4) is 5.75 Å². The van der Waals surface area contributed by atoms with E-state index in [2.05, 4.69) is 5.32 Å². The fraction of sp³-hybridized carbons (Fsp3) is 0.562. The lowest BCUT2D eigenvalue weighted by atomic mass is 10.0. The first-order chi connectivity index (χ1) is 11.1. The summed E-state index contributed by atoms with van der Waals surface area (Å²) < 4.78 is 5.43. The molecule has 1 saturated heterocycles. The number of rotatable bonds is 7. The average molecular weight is 358 g/mol. The highest BCUT2D eigenvalue weighted by Gasteiger charge is 2.25. The number of carbonyl (C=O) groups excluding carboxylic acids is 1. The summed E-state index contributed by atoms with van der Waals surface area (Å²) in [5.41, 5.74) is -0.121. The van der Waals surface area contributed by atoms with Crippen LogP contribution in [0.4, 0.5) is 5.69 Å². The predicted octanol–water partition coefficient (Wildman–Crippen LogP) is 2.39. The van der Waals surface area contributed by atoms with Gasteiger partial charge in [-0.05, 0) is 38.4 Å². The number of ether oxygens (including phenoxy) is 1. The highest BCUT2D eigenvalue weighted by molar-refractivity contribution is 5.85. The Kier molecular flexibility index (Phi) is 8.49. The van der Waals surface area contributed by atoms with Crippen LogP contribution in [0.1, 0.15) is 26.2 Å². The van der Waals surface area contributed by atoms with E-state index in [0.29, 0.717) is 6.54 Å². The van der Waals surface area contributed by atoms with Gasteiger partial charge in [-0.15, -0.1) is 12.4 Å². The van der Waals surface area contributed by atoms with Crippen LogP contribution in [0.15, 0.2) is 24.3 Å². The van der Waals surface area contributed by atoms with E-state index in [1.807, 2.05) is 11.8 Å². The van der Waals surface area contributed by atoms with Crippen molar-refractivity contribution in [1.82, 2.24) is 10.2 Å². The maximum Gasteiger partial charge on any atom is 0.310 e. The van der Waals surface area contributed by atoms with E-state index in [1.165, 1.54) is 12.1 Å². The van der Waals surface area contributed by atoms with Crippen molar-refractivity contribution in [3.63, 3.8) is 0 Å². The number of nitrogens with one attached hydrogen (secondary N) is 1. The van der Waals surface area contributed by atoms with Crippen molar-refractivity contribution in [3.05, 3.63) is 34.4 Å². The van der Waals surface area contributed by atoms with Crippen LogP contribution in [0.2, 0.25) is 0 Å². The van der Waals surface area contributed by atoms with Gasteiger partial charge in [0.1, 0.15) is 0 Å². The van der Waals surface area contributed by atoms with E-state index in [9.17, 15) is 14.9 Å². The Bertz CT molecular complexity index is 550. The summed E-state index contributed by atoms with van der Waals surface area (Å²) in [6, 6.07) is 6.34. The molecule has 0 aromatic heterocycles. The summed E-state index contributed by atoms with van der Waals surface area (Å²) in [5, 5.41) is 14.3. The lowest BCUT2D eigenvalue weighted by Crippen LogP contribution is -2.48. The van der Waals surface area contributed by atoms with Gasteiger partial charge in [0.25, 0.3) is 5.91 Å². The smallest absolute Gasteiger partial charge is 0.310 e. The number of hydrogen-bond acceptors (Lipinski definition) is 5. The molecule has 1 heterocycles. The van der Waals surface area contributed by atoms with Gasteiger partial charge >= 0.3 is 5.69 Å². The van der Waals surface area contributed by atoms with Crippen molar-refractivity contribution in [1.29, 1.82) is 0 Å². The second kappa shape index (κ2) is 10.1. The zero-order chi connectivity index (χ0) is 16.7. The molecule has 7 nitrogen and oxygen atoms in total. The van der Waals surface area contributed by atoms with E-state index in [4.69, 9.17) is 4.74 Å². The Balaban J connectivity index is 0.00000288. The van der Waals surface area contributed by atoms with Gasteiger partial charge in [-0.25, -0.2) is 0 Å². The van der Waals surface area contributed by atoms with Crippen LogP contribution >= 0.6 is 12.4 Å². The van der Waals surface area contributed by atoms with Crippen LogP contribution in [-0.4, -0.2) is 48.0 Å². The fourth-order valence-corrected chi connectivity index (χ4v) is 2.82. The van der Waals surface area contributed by atoms with Gasteiger partial charge in [-0.2, -0.15) is 0 Å². The number of halogens is 1. The minimum absolute atomic E-state index is 0. The van der Waals surface area contributed by atoms with Gasteiger partial charge in [-0.3, -0.25) is 14.9 Å². The maximum atomic E-state index is 12.5. The van der Waals surface area contributed by atoms with Crippen molar-refractivity contribution in [2.24, 2.45) is 0 Å². The molecule has 1 amide bonds. The number of benzene rings is 1. The molecule has 134 valence electrons. The van der Waals surface area contributed by atoms with Crippen LogP contribution < -0.4 is 10.1 Å². The lowest BCUT2D eigenvalue weighted by Gasteiger charge is -2.34. The molecule has 1 aromatic carbocycles. The monoisotopic (exact) mass is 357 g/mol. The van der Waals surface area contributed by atoms with E-state index >= 15 is 0 Å². The predicted molar refractivity (Wildman–Crippen MR) is 93.7 cm³/mol. The molecule has 1 N–H and O–H groups in total. The molecule has 8 heteroatoms. The molecule has 0 bridgehead atoms. The maximum absolute atomic E-state index is 12.5. The highest BCUT2D eigenvalue weighted by Crippen LogP contribution is 2.26. The third-order valence-corrected chi connectivity index (χ3v) is 3.95. The minimum atomic E-state index is -0.504. The second-order valence-corrected chi connectivity index (χ2v) is 5.58. The van der Waals surface area contributed by atoms with Gasteiger partial charge in [0, 0.05) is 18.7 Å². The van der Waals surface area contributed by atoms with Gasteiger partial charge in [-0.1, -0.05) is 19.1 Å². The second-order valence-electron chi connectivity index (χ2n) is 5.58. The number of hydrogen-bond donors (Lipinski definition) is 1. The zero-order valence-corrected chi connectivity index (χ0v) is 14.6. The number of nitro groups is 1. The normalized spacial score (nSPS) is 14.5. The molecule has 1 aromatic rings. The highest BCUT2D eigenvalue weighted by atomic mass is 35.5. The fourth-order valence-electron chi connectivity index (χ4n) is 2.82. The first-order valence-electron chi connectivity index (χ1n) is 8.00. The molecule has 0 radical (unpaired) electrons. The summed E-state index contributed by atoms with van der Waals surface area (Å²) in [4.78, 5) is 24.8. The number of nitrogens with zero attached hydrogens (tertiary/aromatic N) is 2. The van der Waals surface area contributed by atoms with Gasteiger partial charge in [0.05, 0.1) is 4.92 Å². The molecule has 24 heavy (non-hydrogen) atoms. The summed E-state index contributed by atoms with van der Waals surface area (Å²) in [7, 11) is 0. The number of piperidine rings is 1. The van der Waals surface area contributed by atoms with E-state index < -0.39 is 4.92 Å². The zero-order valence-electron chi connectivity index (χ0n) is 13.8. The molecule has 0 saturated carbocycles. The summed E-state index contributed by atoms with van der Waals surface area (Å²) in [6.07, 6.45) is 2.73. The standard InChI is InChI=1S/C16H23N3O4.ClH/c1-2-11-18(13-7-9-17-10-8-13)16(20)12-23-15-6-4-3-5-14(15)19(21)22;/h3-6,13,17H,2,7-12H2,1H3;1H. The van der Waals surface area contributed by atoms with Crippen LogP contribution in [0, 0.1) is 10.1 Å². The number of carbonyl (C=O) groups is 1. The van der Waals surface area contributed by atoms with Gasteiger partial charge in [0.2, 0.25) is 0 Å². The van der Waals surface area contributed by atoms with Crippen LogP contribution in [-0.2, 0) is 4.79 Å².